The van der Waals surface area contributed by atoms with E-state index in [0.717, 1.165) is 36.8 Å². The number of rotatable bonds is 10. The molecule has 216 valence electrons. The fraction of sp³-hybridized carbons (Fsp3) is 0.643. The molecular formula is C28H38ClF3N4O3. The van der Waals surface area contributed by atoms with E-state index in [0.29, 0.717) is 17.7 Å². The number of hydrogen-bond acceptors (Lipinski definition) is 5. The lowest BCUT2D eigenvalue weighted by Gasteiger charge is -2.36. The maximum atomic E-state index is 14.3. The largest absolute Gasteiger partial charge is 0.481 e. The van der Waals surface area contributed by atoms with Gasteiger partial charge in [0.2, 0.25) is 0 Å². The van der Waals surface area contributed by atoms with E-state index in [9.17, 15) is 27.9 Å². The molecule has 3 rings (SSSR count). The van der Waals surface area contributed by atoms with Gasteiger partial charge >= 0.3 is 12.1 Å². The first kappa shape index (κ1) is 30.9. The van der Waals surface area contributed by atoms with Crippen molar-refractivity contribution in [1.29, 1.82) is 5.41 Å². The van der Waals surface area contributed by atoms with Crippen LogP contribution in [0.15, 0.2) is 23.7 Å². The molecule has 2 aliphatic carbocycles. The third-order valence-corrected chi connectivity index (χ3v) is 8.73. The van der Waals surface area contributed by atoms with Crippen LogP contribution in [0.4, 0.5) is 13.2 Å². The quantitative estimate of drug-likeness (QED) is 0.233. The van der Waals surface area contributed by atoms with Crippen LogP contribution < -0.4 is 5.32 Å². The Balaban J connectivity index is 1.91. The molecule has 1 aromatic heterocycles. The monoisotopic (exact) mass is 570 g/mol. The van der Waals surface area contributed by atoms with Gasteiger partial charge in [-0.05, 0) is 75.3 Å². The predicted octanol–water partition coefficient (Wildman–Crippen LogP) is 6.08. The van der Waals surface area contributed by atoms with Crippen molar-refractivity contribution in [3.8, 4) is 0 Å². The second-order valence-electron chi connectivity index (χ2n) is 11.6. The average Bonchev–Trinajstić information content (AvgIpc) is 3.29. The number of aryl methyl sites for hydroxylation is 1. The molecule has 0 atom stereocenters. The van der Waals surface area contributed by atoms with Gasteiger partial charge in [0.25, 0.3) is 5.91 Å². The maximum Gasteiger partial charge on any atom is 0.431 e. The third kappa shape index (κ3) is 7.52. The zero-order valence-corrected chi connectivity index (χ0v) is 23.5. The predicted molar refractivity (Wildman–Crippen MR) is 144 cm³/mol. The molecule has 1 amide bonds. The first-order valence-corrected chi connectivity index (χ1v) is 13.8. The van der Waals surface area contributed by atoms with Gasteiger partial charge < -0.3 is 20.7 Å². The van der Waals surface area contributed by atoms with E-state index in [1.165, 1.54) is 11.1 Å². The van der Waals surface area contributed by atoms with Crippen molar-refractivity contribution in [2.24, 2.45) is 10.8 Å². The Morgan fingerprint density at radius 3 is 2.33 bits per heavy atom. The number of halogens is 4. The lowest BCUT2D eigenvalue weighted by atomic mass is 9.74. The molecule has 1 aromatic rings. The number of nitrogens with zero attached hydrogens (tertiary/aromatic N) is 2. The van der Waals surface area contributed by atoms with Gasteiger partial charge in [-0.3, -0.25) is 14.6 Å². The van der Waals surface area contributed by atoms with E-state index >= 15 is 0 Å². The summed E-state index contributed by atoms with van der Waals surface area (Å²) in [5.74, 6) is -1.82. The Morgan fingerprint density at radius 1 is 1.21 bits per heavy atom. The summed E-state index contributed by atoms with van der Waals surface area (Å²) in [6, 6.07) is -0.657. The van der Waals surface area contributed by atoms with Crippen molar-refractivity contribution >= 4 is 29.7 Å². The van der Waals surface area contributed by atoms with Gasteiger partial charge in [-0.2, -0.15) is 13.2 Å². The SMILES string of the molecule is Cc1cncc(Cl)c1CCN(CC1(C)CCCC1)C(=O)/C(C=N)=C(/NC1CCC(C)(C(=O)O)CC1)C(F)(F)F. The van der Waals surface area contributed by atoms with E-state index in [1.807, 2.05) is 13.8 Å². The summed E-state index contributed by atoms with van der Waals surface area (Å²) in [5.41, 5.74) is -1.59. The number of alkyl halides is 3. The van der Waals surface area contributed by atoms with Crippen LogP contribution in [0.2, 0.25) is 5.02 Å². The van der Waals surface area contributed by atoms with Crippen LogP contribution in [0.25, 0.3) is 0 Å². The molecule has 1 heterocycles. The van der Waals surface area contributed by atoms with Crippen molar-refractivity contribution < 1.29 is 27.9 Å². The number of carbonyl (C=O) groups is 2. The molecule has 3 N–H and O–H groups in total. The molecule has 39 heavy (non-hydrogen) atoms. The molecule has 7 nitrogen and oxygen atoms in total. The minimum atomic E-state index is -4.90. The second-order valence-corrected chi connectivity index (χ2v) is 12.0. The lowest BCUT2D eigenvalue weighted by molar-refractivity contribution is -0.150. The third-order valence-electron chi connectivity index (χ3n) is 8.40. The standard InChI is InChI=1S/C28H38ClF3N4O3/c1-18-15-34-16-22(29)20(18)8-13-36(17-26(2)9-4-5-10-26)24(37)21(14-33)23(28(30,31)32)35-19-6-11-27(3,12-7-19)25(38)39/h14-16,19,33,35H,4-13,17H2,1-3H3,(H,38,39)/b23-21+,33-14?. The maximum absolute atomic E-state index is 14.3. The summed E-state index contributed by atoms with van der Waals surface area (Å²) < 4.78 is 43.0. The van der Waals surface area contributed by atoms with Crippen molar-refractivity contribution in [2.45, 2.75) is 90.8 Å². The highest BCUT2D eigenvalue weighted by atomic mass is 35.5. The summed E-state index contributed by atoms with van der Waals surface area (Å²) in [7, 11) is 0. The van der Waals surface area contributed by atoms with Gasteiger partial charge in [-0.25, -0.2) is 0 Å². The van der Waals surface area contributed by atoms with Crippen LogP contribution in [0.1, 0.15) is 76.3 Å². The highest BCUT2D eigenvalue weighted by Gasteiger charge is 2.43. The Morgan fingerprint density at radius 2 is 1.82 bits per heavy atom. The highest BCUT2D eigenvalue weighted by Crippen LogP contribution is 2.40. The first-order chi connectivity index (χ1) is 18.2. The first-order valence-electron chi connectivity index (χ1n) is 13.4. The fourth-order valence-electron chi connectivity index (χ4n) is 5.76. The van der Waals surface area contributed by atoms with Gasteiger partial charge in [0, 0.05) is 37.7 Å². The fourth-order valence-corrected chi connectivity index (χ4v) is 6.06. The number of aliphatic carboxylic acids is 1. The molecular weight excluding hydrogens is 533 g/mol. The number of aromatic nitrogens is 1. The normalized spacial score (nSPS) is 23.6. The van der Waals surface area contributed by atoms with Crippen LogP contribution >= 0.6 is 11.6 Å². The molecule has 11 heteroatoms. The van der Waals surface area contributed by atoms with Gasteiger partial charge in [0.1, 0.15) is 5.70 Å². The molecule has 0 aliphatic heterocycles. The van der Waals surface area contributed by atoms with Gasteiger partial charge in [0.05, 0.1) is 16.0 Å². The van der Waals surface area contributed by atoms with Crippen LogP contribution in [-0.2, 0) is 16.0 Å². The molecule has 0 unspecified atom stereocenters. The van der Waals surface area contributed by atoms with Crippen molar-refractivity contribution in [1.82, 2.24) is 15.2 Å². The Bertz CT molecular complexity index is 1090. The summed E-state index contributed by atoms with van der Waals surface area (Å²) in [5, 5.41) is 20.2. The van der Waals surface area contributed by atoms with Gasteiger partial charge in [-0.1, -0.05) is 31.4 Å². The zero-order valence-electron chi connectivity index (χ0n) is 22.8. The number of carboxylic acid groups (broad SMARTS) is 1. The number of allylic oxidation sites excluding steroid dienone is 1. The molecule has 2 saturated carbocycles. The number of pyridine rings is 1. The number of carbonyl (C=O) groups excluding carboxylic acids is 1. The summed E-state index contributed by atoms with van der Waals surface area (Å²) in [6.07, 6.45) is 3.65. The molecule has 0 aromatic carbocycles. The Kier molecular flexibility index (Phi) is 9.73. The minimum absolute atomic E-state index is 0.141. The van der Waals surface area contributed by atoms with Crippen molar-refractivity contribution in [3.05, 3.63) is 39.8 Å². The second kappa shape index (κ2) is 12.3. The summed E-state index contributed by atoms with van der Waals surface area (Å²) >= 11 is 6.33. The molecule has 2 fully saturated rings. The Labute approximate surface area is 232 Å². The van der Waals surface area contributed by atoms with E-state index in [-0.39, 0.29) is 44.2 Å². The van der Waals surface area contributed by atoms with Crippen LogP contribution in [-0.4, -0.2) is 58.4 Å². The molecule has 0 bridgehead atoms. The smallest absolute Gasteiger partial charge is 0.431 e. The van der Waals surface area contributed by atoms with E-state index in [1.54, 1.807) is 13.1 Å². The number of nitrogens with one attached hydrogen (secondary N) is 2. The van der Waals surface area contributed by atoms with Crippen molar-refractivity contribution in [2.75, 3.05) is 13.1 Å². The highest BCUT2D eigenvalue weighted by molar-refractivity contribution is 6.31. The molecule has 0 radical (unpaired) electrons. The van der Waals surface area contributed by atoms with Crippen molar-refractivity contribution in [3.63, 3.8) is 0 Å². The van der Waals surface area contributed by atoms with E-state index < -0.39 is 40.8 Å². The zero-order chi connectivity index (χ0) is 29.0. The van der Waals surface area contributed by atoms with Gasteiger partial charge in [-0.15, -0.1) is 0 Å². The molecule has 2 aliphatic rings. The molecule has 0 saturated heterocycles. The molecule has 0 spiro atoms. The van der Waals surface area contributed by atoms with E-state index in [2.05, 4.69) is 10.3 Å². The van der Waals surface area contributed by atoms with Gasteiger partial charge in [0.15, 0.2) is 0 Å². The van der Waals surface area contributed by atoms with Crippen LogP contribution in [0.3, 0.4) is 0 Å². The average molecular weight is 571 g/mol. The summed E-state index contributed by atoms with van der Waals surface area (Å²) in [4.78, 5) is 30.8. The topological polar surface area (TPSA) is 106 Å². The Hall–Kier alpha value is -2.62. The number of amides is 1. The lowest BCUT2D eigenvalue weighted by Crippen LogP contribution is -2.45. The van der Waals surface area contributed by atoms with Crippen LogP contribution in [0.5, 0.6) is 0 Å². The summed E-state index contributed by atoms with van der Waals surface area (Å²) in [6.45, 7) is 5.89. The van der Waals surface area contributed by atoms with E-state index in [4.69, 9.17) is 17.0 Å². The number of hydrogen-bond donors (Lipinski definition) is 3. The number of carboxylic acids is 1. The van der Waals surface area contributed by atoms with Crippen LogP contribution in [0, 0.1) is 23.2 Å². The minimum Gasteiger partial charge on any atom is -0.481 e.